The third kappa shape index (κ3) is 7.38. The van der Waals surface area contributed by atoms with Crippen molar-refractivity contribution in [1.82, 2.24) is 10.4 Å². The van der Waals surface area contributed by atoms with Crippen LogP contribution in [-0.2, 0) is 32.1 Å². The molecule has 2 atom stereocenters. The number of rotatable bonds is 7. The maximum absolute atomic E-state index is 13.1. The lowest BCUT2D eigenvalue weighted by atomic mass is 10.1. The molecule has 166 valence electrons. The molecule has 1 saturated heterocycles. The first-order chi connectivity index (χ1) is 14.8. The van der Waals surface area contributed by atoms with Crippen LogP contribution in [-0.4, -0.2) is 48.0 Å². The van der Waals surface area contributed by atoms with Crippen LogP contribution in [0.3, 0.4) is 0 Å². The largest absolute Gasteiger partial charge is 0.444 e. The molecule has 1 aliphatic heterocycles. The van der Waals surface area contributed by atoms with Gasteiger partial charge in [-0.25, -0.2) is 9.86 Å². The minimum Gasteiger partial charge on any atom is -0.444 e. The molecule has 2 aromatic rings. The molecule has 0 radical (unpaired) electrons. The number of carbonyl (C=O) groups excluding carboxylic acids is 2. The van der Waals surface area contributed by atoms with Gasteiger partial charge in [-0.2, -0.15) is 0 Å². The SMILES string of the molecule is CC(C)(C)OC(=O)N[C@@H](Cc1ccccc1)C(=O)N1CC(OCc2ccccc2)CO1. The van der Waals surface area contributed by atoms with Gasteiger partial charge >= 0.3 is 6.09 Å². The Morgan fingerprint density at radius 1 is 1.06 bits per heavy atom. The zero-order valence-corrected chi connectivity index (χ0v) is 18.2. The van der Waals surface area contributed by atoms with Crippen LogP contribution in [0.25, 0.3) is 0 Å². The van der Waals surface area contributed by atoms with Gasteiger partial charge in [-0.15, -0.1) is 0 Å². The molecule has 0 aliphatic carbocycles. The summed E-state index contributed by atoms with van der Waals surface area (Å²) < 4.78 is 11.2. The Labute approximate surface area is 183 Å². The van der Waals surface area contributed by atoms with Crippen LogP contribution >= 0.6 is 0 Å². The molecule has 2 aromatic carbocycles. The van der Waals surface area contributed by atoms with Crippen LogP contribution in [0.5, 0.6) is 0 Å². The molecule has 1 aliphatic rings. The van der Waals surface area contributed by atoms with Gasteiger partial charge < -0.3 is 14.8 Å². The van der Waals surface area contributed by atoms with Crippen molar-refractivity contribution in [2.24, 2.45) is 0 Å². The third-order valence-electron chi connectivity index (χ3n) is 4.63. The fraction of sp³-hybridized carbons (Fsp3) is 0.417. The minimum atomic E-state index is -0.815. The van der Waals surface area contributed by atoms with Gasteiger partial charge in [-0.1, -0.05) is 60.7 Å². The lowest BCUT2D eigenvalue weighted by Gasteiger charge is -2.25. The number of benzene rings is 2. The fourth-order valence-corrected chi connectivity index (χ4v) is 3.18. The zero-order valence-electron chi connectivity index (χ0n) is 18.2. The number of amides is 2. The minimum absolute atomic E-state index is 0.233. The summed E-state index contributed by atoms with van der Waals surface area (Å²) in [5, 5.41) is 3.98. The van der Waals surface area contributed by atoms with E-state index in [1.165, 1.54) is 5.06 Å². The average Bonchev–Trinajstić information content (AvgIpc) is 3.20. The molecule has 31 heavy (non-hydrogen) atoms. The lowest BCUT2D eigenvalue weighted by molar-refractivity contribution is -0.171. The number of hydroxylamine groups is 2. The van der Waals surface area contributed by atoms with Gasteiger partial charge in [0.1, 0.15) is 24.4 Å². The number of hydrogen-bond acceptors (Lipinski definition) is 5. The van der Waals surface area contributed by atoms with E-state index >= 15 is 0 Å². The molecule has 1 heterocycles. The highest BCUT2D eigenvalue weighted by Gasteiger charge is 2.34. The monoisotopic (exact) mass is 426 g/mol. The summed E-state index contributed by atoms with van der Waals surface area (Å²) in [6, 6.07) is 18.5. The highest BCUT2D eigenvalue weighted by Crippen LogP contribution is 2.16. The summed E-state index contributed by atoms with van der Waals surface area (Å²) in [5.74, 6) is -0.333. The Bertz CT molecular complexity index is 851. The number of alkyl carbamates (subject to hydrolysis) is 1. The van der Waals surface area contributed by atoms with E-state index in [1.54, 1.807) is 20.8 Å². The first-order valence-electron chi connectivity index (χ1n) is 10.4. The Morgan fingerprint density at radius 2 is 1.68 bits per heavy atom. The van der Waals surface area contributed by atoms with E-state index in [9.17, 15) is 9.59 Å². The first kappa shape index (κ1) is 22.8. The second-order valence-electron chi connectivity index (χ2n) is 8.50. The third-order valence-corrected chi connectivity index (χ3v) is 4.63. The van der Waals surface area contributed by atoms with Crippen molar-refractivity contribution in [3.8, 4) is 0 Å². The molecular formula is C24H30N2O5. The van der Waals surface area contributed by atoms with Crippen molar-refractivity contribution in [3.05, 3.63) is 71.8 Å². The van der Waals surface area contributed by atoms with Crippen LogP contribution in [0.15, 0.2) is 60.7 Å². The number of hydrogen-bond donors (Lipinski definition) is 1. The molecule has 1 fully saturated rings. The second kappa shape index (κ2) is 10.4. The van der Waals surface area contributed by atoms with E-state index < -0.39 is 17.7 Å². The van der Waals surface area contributed by atoms with E-state index in [0.29, 0.717) is 19.6 Å². The maximum Gasteiger partial charge on any atom is 0.408 e. The Kier molecular flexibility index (Phi) is 7.65. The molecule has 7 heteroatoms. The van der Waals surface area contributed by atoms with E-state index in [0.717, 1.165) is 11.1 Å². The fourth-order valence-electron chi connectivity index (χ4n) is 3.18. The quantitative estimate of drug-likeness (QED) is 0.734. The van der Waals surface area contributed by atoms with Crippen molar-refractivity contribution in [1.29, 1.82) is 0 Å². The molecule has 0 saturated carbocycles. The van der Waals surface area contributed by atoms with Crippen LogP contribution in [0.1, 0.15) is 31.9 Å². The predicted octanol–water partition coefficient (Wildman–Crippen LogP) is 3.48. The zero-order chi connectivity index (χ0) is 22.3. The van der Waals surface area contributed by atoms with Crippen molar-refractivity contribution >= 4 is 12.0 Å². The first-order valence-corrected chi connectivity index (χ1v) is 10.4. The van der Waals surface area contributed by atoms with Crippen LogP contribution in [0, 0.1) is 0 Å². The van der Waals surface area contributed by atoms with Crippen LogP contribution < -0.4 is 5.32 Å². The van der Waals surface area contributed by atoms with Crippen LogP contribution in [0.2, 0.25) is 0 Å². The normalized spacial score (nSPS) is 17.3. The van der Waals surface area contributed by atoms with E-state index in [1.807, 2.05) is 60.7 Å². The molecule has 0 aromatic heterocycles. The highest BCUT2D eigenvalue weighted by molar-refractivity contribution is 5.85. The number of nitrogens with one attached hydrogen (secondary N) is 1. The Balaban J connectivity index is 1.61. The lowest BCUT2D eigenvalue weighted by Crippen LogP contribution is -2.50. The average molecular weight is 427 g/mol. The molecular weight excluding hydrogens is 396 g/mol. The Hall–Kier alpha value is -2.90. The molecule has 1 unspecified atom stereocenters. The number of nitrogens with zero attached hydrogens (tertiary/aromatic N) is 1. The van der Waals surface area contributed by atoms with Gasteiger partial charge in [0.25, 0.3) is 5.91 Å². The smallest absolute Gasteiger partial charge is 0.408 e. The van der Waals surface area contributed by atoms with E-state index in [4.69, 9.17) is 14.3 Å². The van der Waals surface area contributed by atoms with E-state index in [2.05, 4.69) is 5.32 Å². The van der Waals surface area contributed by atoms with Gasteiger partial charge in [0, 0.05) is 6.42 Å². The molecule has 7 nitrogen and oxygen atoms in total. The molecule has 0 spiro atoms. The highest BCUT2D eigenvalue weighted by atomic mass is 16.7. The van der Waals surface area contributed by atoms with E-state index in [-0.39, 0.29) is 18.6 Å². The van der Waals surface area contributed by atoms with Gasteiger partial charge in [-0.05, 0) is 31.9 Å². The second-order valence-corrected chi connectivity index (χ2v) is 8.50. The van der Waals surface area contributed by atoms with Crippen molar-refractivity contribution in [2.45, 2.75) is 51.5 Å². The Morgan fingerprint density at radius 3 is 2.29 bits per heavy atom. The maximum atomic E-state index is 13.1. The molecule has 3 rings (SSSR count). The van der Waals surface area contributed by atoms with Gasteiger partial charge in [0.05, 0.1) is 13.2 Å². The summed E-state index contributed by atoms with van der Waals surface area (Å²) in [4.78, 5) is 31.1. The van der Waals surface area contributed by atoms with Gasteiger partial charge in [-0.3, -0.25) is 9.63 Å². The summed E-state index contributed by atoms with van der Waals surface area (Å²) in [5.41, 5.74) is 1.32. The predicted molar refractivity (Wildman–Crippen MR) is 116 cm³/mol. The standard InChI is InChI=1S/C24H30N2O5/c1-24(2,3)31-23(28)25-21(14-18-10-6-4-7-11-18)22(27)26-15-20(17-30-26)29-16-19-12-8-5-9-13-19/h4-13,20-21H,14-17H2,1-3H3,(H,25,28)/t20?,21-/m0/s1. The van der Waals surface area contributed by atoms with Crippen molar-refractivity contribution in [2.75, 3.05) is 13.2 Å². The van der Waals surface area contributed by atoms with Gasteiger partial charge in [0.15, 0.2) is 0 Å². The summed E-state index contributed by atoms with van der Waals surface area (Å²) in [7, 11) is 0. The molecule has 1 N–H and O–H groups in total. The summed E-state index contributed by atoms with van der Waals surface area (Å²) in [6.07, 6.45) is -0.546. The number of carbonyl (C=O) groups is 2. The summed E-state index contributed by atoms with van der Waals surface area (Å²) in [6.45, 7) is 6.35. The molecule has 2 amide bonds. The van der Waals surface area contributed by atoms with Crippen molar-refractivity contribution < 1.29 is 23.9 Å². The van der Waals surface area contributed by atoms with Crippen molar-refractivity contribution in [3.63, 3.8) is 0 Å². The summed E-state index contributed by atoms with van der Waals surface area (Å²) >= 11 is 0. The number of ether oxygens (including phenoxy) is 2. The topological polar surface area (TPSA) is 77.1 Å². The molecule has 0 bridgehead atoms. The van der Waals surface area contributed by atoms with Gasteiger partial charge in [0.2, 0.25) is 0 Å². The van der Waals surface area contributed by atoms with Crippen LogP contribution in [0.4, 0.5) is 4.79 Å².